The smallest absolute Gasteiger partial charge is 0.223 e. The zero-order valence-corrected chi connectivity index (χ0v) is 13.2. The molecule has 4 nitrogen and oxygen atoms in total. The van der Waals surface area contributed by atoms with Crippen LogP contribution >= 0.6 is 0 Å². The minimum absolute atomic E-state index is 0.101. The van der Waals surface area contributed by atoms with Crippen LogP contribution in [-0.4, -0.2) is 41.9 Å². The number of hydrogen-bond acceptors (Lipinski definition) is 3. The molecule has 0 saturated carbocycles. The highest BCUT2D eigenvalue weighted by Gasteiger charge is 2.14. The standard InChI is InChI=1S/C17H25N3O/c1-15(2)20(14-16-8-5-4-6-9-16)13-10-17(21)19(3)12-7-11-18/h4-6,8-9,15H,7,10,12-14H2,1-3H3. The van der Waals surface area contributed by atoms with Crippen LogP contribution in [0.3, 0.4) is 0 Å². The molecule has 0 radical (unpaired) electrons. The molecule has 0 aliphatic carbocycles. The first-order valence-electron chi connectivity index (χ1n) is 7.43. The summed E-state index contributed by atoms with van der Waals surface area (Å²) in [6.45, 7) is 6.39. The van der Waals surface area contributed by atoms with Gasteiger partial charge in [-0.2, -0.15) is 5.26 Å². The van der Waals surface area contributed by atoms with Gasteiger partial charge in [-0.1, -0.05) is 30.3 Å². The van der Waals surface area contributed by atoms with Gasteiger partial charge in [0.1, 0.15) is 0 Å². The number of rotatable bonds is 8. The van der Waals surface area contributed by atoms with E-state index in [0.29, 0.717) is 25.4 Å². The average molecular weight is 287 g/mol. The lowest BCUT2D eigenvalue weighted by atomic mass is 10.2. The third kappa shape index (κ3) is 6.42. The SMILES string of the molecule is CC(C)N(CCC(=O)N(C)CCC#N)Cc1ccccc1. The van der Waals surface area contributed by atoms with E-state index in [1.807, 2.05) is 18.2 Å². The fourth-order valence-corrected chi connectivity index (χ4v) is 2.11. The Morgan fingerprint density at radius 3 is 2.48 bits per heavy atom. The van der Waals surface area contributed by atoms with Crippen LogP contribution in [0.5, 0.6) is 0 Å². The molecule has 114 valence electrons. The highest BCUT2D eigenvalue weighted by Crippen LogP contribution is 2.09. The molecule has 0 aliphatic rings. The van der Waals surface area contributed by atoms with Crippen molar-refractivity contribution < 1.29 is 4.79 Å². The van der Waals surface area contributed by atoms with Crippen LogP contribution in [0.15, 0.2) is 30.3 Å². The molecule has 0 atom stereocenters. The zero-order valence-electron chi connectivity index (χ0n) is 13.2. The van der Waals surface area contributed by atoms with Crippen LogP contribution in [0, 0.1) is 11.3 Å². The quantitative estimate of drug-likeness (QED) is 0.738. The molecule has 0 unspecified atom stereocenters. The Balaban J connectivity index is 2.48. The van der Waals surface area contributed by atoms with Crippen molar-refractivity contribution >= 4 is 5.91 Å². The van der Waals surface area contributed by atoms with Crippen molar-refractivity contribution in [1.82, 2.24) is 9.80 Å². The molecule has 1 aromatic carbocycles. The van der Waals surface area contributed by atoms with Gasteiger partial charge in [0.25, 0.3) is 0 Å². The molecule has 0 N–H and O–H groups in total. The van der Waals surface area contributed by atoms with Crippen molar-refractivity contribution in [2.45, 2.75) is 39.3 Å². The minimum atomic E-state index is 0.101. The molecule has 21 heavy (non-hydrogen) atoms. The molecule has 0 spiro atoms. The molecular weight excluding hydrogens is 262 g/mol. The van der Waals surface area contributed by atoms with E-state index in [9.17, 15) is 4.79 Å². The van der Waals surface area contributed by atoms with Crippen molar-refractivity contribution in [2.24, 2.45) is 0 Å². The number of nitrogens with zero attached hydrogens (tertiary/aromatic N) is 3. The molecule has 1 rings (SSSR count). The molecule has 4 heteroatoms. The van der Waals surface area contributed by atoms with Gasteiger partial charge in [-0.15, -0.1) is 0 Å². The summed E-state index contributed by atoms with van der Waals surface area (Å²) < 4.78 is 0. The van der Waals surface area contributed by atoms with Crippen LogP contribution in [0.2, 0.25) is 0 Å². The molecular formula is C17H25N3O. The minimum Gasteiger partial charge on any atom is -0.345 e. The fourth-order valence-electron chi connectivity index (χ4n) is 2.11. The summed E-state index contributed by atoms with van der Waals surface area (Å²) in [5.41, 5.74) is 1.26. The van der Waals surface area contributed by atoms with Crippen LogP contribution in [0.4, 0.5) is 0 Å². The van der Waals surface area contributed by atoms with Crippen molar-refractivity contribution in [3.05, 3.63) is 35.9 Å². The van der Waals surface area contributed by atoms with E-state index in [4.69, 9.17) is 5.26 Å². The van der Waals surface area contributed by atoms with Crippen LogP contribution < -0.4 is 0 Å². The number of hydrogen-bond donors (Lipinski definition) is 0. The molecule has 0 aromatic heterocycles. The average Bonchev–Trinajstić information content (AvgIpc) is 2.49. The van der Waals surface area contributed by atoms with Gasteiger partial charge in [-0.3, -0.25) is 9.69 Å². The number of amides is 1. The Morgan fingerprint density at radius 2 is 1.90 bits per heavy atom. The third-order valence-electron chi connectivity index (χ3n) is 3.56. The lowest BCUT2D eigenvalue weighted by Gasteiger charge is -2.27. The largest absolute Gasteiger partial charge is 0.345 e. The summed E-state index contributed by atoms with van der Waals surface area (Å²) in [6, 6.07) is 12.8. The molecule has 1 amide bonds. The monoisotopic (exact) mass is 287 g/mol. The highest BCUT2D eigenvalue weighted by molar-refractivity contribution is 5.76. The third-order valence-corrected chi connectivity index (χ3v) is 3.56. The van der Waals surface area contributed by atoms with E-state index >= 15 is 0 Å². The first kappa shape index (κ1) is 17.2. The summed E-state index contributed by atoms with van der Waals surface area (Å²) in [5, 5.41) is 8.56. The lowest BCUT2D eigenvalue weighted by molar-refractivity contribution is -0.130. The van der Waals surface area contributed by atoms with Gasteiger partial charge in [0.2, 0.25) is 5.91 Å². The second-order valence-electron chi connectivity index (χ2n) is 5.52. The van der Waals surface area contributed by atoms with Crippen molar-refractivity contribution in [2.75, 3.05) is 20.1 Å². The second kappa shape index (κ2) is 9.15. The summed E-state index contributed by atoms with van der Waals surface area (Å²) in [4.78, 5) is 16.0. The Kier molecular flexibility index (Phi) is 7.49. The predicted octanol–water partition coefficient (Wildman–Crippen LogP) is 2.66. The Morgan fingerprint density at radius 1 is 1.24 bits per heavy atom. The predicted molar refractivity (Wildman–Crippen MR) is 84.5 cm³/mol. The van der Waals surface area contributed by atoms with Crippen LogP contribution in [0.25, 0.3) is 0 Å². The molecule has 1 aromatic rings. The lowest BCUT2D eigenvalue weighted by Crippen LogP contribution is -2.35. The fraction of sp³-hybridized carbons (Fsp3) is 0.529. The van der Waals surface area contributed by atoms with E-state index in [0.717, 1.165) is 13.1 Å². The first-order chi connectivity index (χ1) is 10.0. The summed E-state index contributed by atoms with van der Waals surface area (Å²) >= 11 is 0. The van der Waals surface area contributed by atoms with Gasteiger partial charge in [-0.05, 0) is 19.4 Å². The molecule has 0 bridgehead atoms. The Hall–Kier alpha value is -1.86. The van der Waals surface area contributed by atoms with Gasteiger partial charge in [0, 0.05) is 39.1 Å². The number of benzene rings is 1. The maximum absolute atomic E-state index is 12.0. The van der Waals surface area contributed by atoms with Gasteiger partial charge >= 0.3 is 0 Å². The van der Waals surface area contributed by atoms with Gasteiger partial charge in [0.15, 0.2) is 0 Å². The second-order valence-corrected chi connectivity index (χ2v) is 5.52. The molecule has 0 heterocycles. The molecule has 0 saturated heterocycles. The highest BCUT2D eigenvalue weighted by atomic mass is 16.2. The van der Waals surface area contributed by atoms with E-state index < -0.39 is 0 Å². The summed E-state index contributed by atoms with van der Waals surface area (Å²) in [5.74, 6) is 0.101. The Labute approximate surface area is 128 Å². The number of nitriles is 1. The van der Waals surface area contributed by atoms with E-state index in [-0.39, 0.29) is 5.91 Å². The van der Waals surface area contributed by atoms with E-state index in [1.165, 1.54) is 5.56 Å². The van der Waals surface area contributed by atoms with Gasteiger partial charge < -0.3 is 4.90 Å². The van der Waals surface area contributed by atoms with E-state index in [2.05, 4.69) is 36.9 Å². The molecule has 0 fully saturated rings. The maximum Gasteiger partial charge on any atom is 0.223 e. The Bertz CT molecular complexity index is 465. The summed E-state index contributed by atoms with van der Waals surface area (Å²) in [6.07, 6.45) is 0.882. The first-order valence-corrected chi connectivity index (χ1v) is 7.43. The van der Waals surface area contributed by atoms with Crippen molar-refractivity contribution in [3.8, 4) is 6.07 Å². The number of carbonyl (C=O) groups excluding carboxylic acids is 1. The van der Waals surface area contributed by atoms with Gasteiger partial charge in [-0.25, -0.2) is 0 Å². The zero-order chi connectivity index (χ0) is 15.7. The molecule has 0 aliphatic heterocycles. The maximum atomic E-state index is 12.0. The van der Waals surface area contributed by atoms with E-state index in [1.54, 1.807) is 11.9 Å². The van der Waals surface area contributed by atoms with Crippen LogP contribution in [-0.2, 0) is 11.3 Å². The number of carbonyl (C=O) groups is 1. The normalized spacial score (nSPS) is 10.7. The topological polar surface area (TPSA) is 47.3 Å². The van der Waals surface area contributed by atoms with Crippen molar-refractivity contribution in [3.63, 3.8) is 0 Å². The summed E-state index contributed by atoms with van der Waals surface area (Å²) in [7, 11) is 1.76. The van der Waals surface area contributed by atoms with Gasteiger partial charge in [0.05, 0.1) is 12.5 Å². The van der Waals surface area contributed by atoms with Crippen molar-refractivity contribution in [1.29, 1.82) is 5.26 Å². The van der Waals surface area contributed by atoms with Crippen LogP contribution in [0.1, 0.15) is 32.3 Å².